The molecule has 0 bridgehead atoms. The number of carbonyl (C=O) groups excluding carboxylic acids is 1. The van der Waals surface area contributed by atoms with E-state index in [2.05, 4.69) is 5.92 Å². The summed E-state index contributed by atoms with van der Waals surface area (Å²) in [5.74, 6) is 0.646. The van der Waals surface area contributed by atoms with Gasteiger partial charge in [0.15, 0.2) is 15.6 Å². The van der Waals surface area contributed by atoms with Crippen LogP contribution in [0.4, 0.5) is 0 Å². The fourth-order valence-corrected chi connectivity index (χ4v) is 2.86. The highest BCUT2D eigenvalue weighted by Crippen LogP contribution is 2.19. The van der Waals surface area contributed by atoms with E-state index in [0.29, 0.717) is 5.56 Å². The van der Waals surface area contributed by atoms with Crippen LogP contribution in [0.5, 0.6) is 0 Å². The van der Waals surface area contributed by atoms with E-state index in [-0.39, 0.29) is 0 Å². The predicted molar refractivity (Wildman–Crippen MR) is 83.7 cm³/mol. The molecule has 0 heterocycles. The smallest absolute Gasteiger partial charge is 0.177 e. The van der Waals surface area contributed by atoms with E-state index in [1.807, 2.05) is 30.3 Å². The standard InChI is InChI=1S/C17H14O3S/c1-2-12-21(19,20)13-17(18)16-10-8-15(9-11-16)14-6-4-3-5-7-14/h1,3-11H,12-13H2. The lowest BCUT2D eigenvalue weighted by molar-refractivity contribution is 0.102. The lowest BCUT2D eigenvalue weighted by Gasteiger charge is -2.04. The summed E-state index contributed by atoms with van der Waals surface area (Å²) in [7, 11) is -3.53. The minimum absolute atomic E-state index is 0.371. The third-order valence-electron chi connectivity index (χ3n) is 2.97. The SMILES string of the molecule is C#CCS(=O)(=O)CC(=O)c1ccc(-c2ccccc2)cc1. The second-order valence-electron chi connectivity index (χ2n) is 4.60. The first-order valence-corrected chi connectivity index (χ1v) is 8.16. The van der Waals surface area contributed by atoms with Crippen molar-refractivity contribution in [3.8, 4) is 23.5 Å². The minimum Gasteiger partial charge on any atom is -0.293 e. The highest BCUT2D eigenvalue weighted by atomic mass is 32.2. The number of sulfone groups is 1. The Kier molecular flexibility index (Phi) is 4.56. The molecule has 0 spiro atoms. The number of hydrogen-bond acceptors (Lipinski definition) is 3. The van der Waals surface area contributed by atoms with Gasteiger partial charge in [-0.1, -0.05) is 60.5 Å². The maximum atomic E-state index is 11.9. The number of rotatable bonds is 5. The number of ketones is 1. The molecular formula is C17H14O3S. The van der Waals surface area contributed by atoms with Crippen LogP contribution in [-0.2, 0) is 9.84 Å². The molecule has 0 saturated heterocycles. The maximum absolute atomic E-state index is 11.9. The fraction of sp³-hybridized carbons (Fsp3) is 0.118. The molecular weight excluding hydrogens is 284 g/mol. The zero-order valence-corrected chi connectivity index (χ0v) is 12.1. The first-order valence-electron chi connectivity index (χ1n) is 6.34. The summed E-state index contributed by atoms with van der Waals surface area (Å²) in [6, 6.07) is 16.6. The molecule has 0 fully saturated rings. The molecule has 0 unspecified atom stereocenters. The van der Waals surface area contributed by atoms with Crippen LogP contribution in [0.15, 0.2) is 54.6 Å². The van der Waals surface area contributed by atoms with Gasteiger partial charge in [-0.15, -0.1) is 6.42 Å². The van der Waals surface area contributed by atoms with Gasteiger partial charge >= 0.3 is 0 Å². The van der Waals surface area contributed by atoms with Gasteiger partial charge < -0.3 is 0 Å². The van der Waals surface area contributed by atoms with Crippen molar-refractivity contribution in [3.05, 3.63) is 60.2 Å². The molecule has 0 amide bonds. The molecule has 0 radical (unpaired) electrons. The van der Waals surface area contributed by atoms with Crippen LogP contribution < -0.4 is 0 Å². The van der Waals surface area contributed by atoms with Gasteiger partial charge in [0.05, 0.1) is 0 Å². The van der Waals surface area contributed by atoms with E-state index >= 15 is 0 Å². The molecule has 0 N–H and O–H groups in total. The van der Waals surface area contributed by atoms with Crippen LogP contribution in [0.1, 0.15) is 10.4 Å². The lowest BCUT2D eigenvalue weighted by atomic mass is 10.0. The summed E-state index contributed by atoms with van der Waals surface area (Å²) in [6.07, 6.45) is 4.97. The third-order valence-corrected chi connectivity index (χ3v) is 4.28. The predicted octanol–water partition coefficient (Wildman–Crippen LogP) is 2.58. The van der Waals surface area contributed by atoms with Crippen LogP contribution in [0.25, 0.3) is 11.1 Å². The zero-order chi connectivity index (χ0) is 15.3. The van der Waals surface area contributed by atoms with Crippen molar-refractivity contribution < 1.29 is 13.2 Å². The van der Waals surface area contributed by atoms with Crippen LogP contribution in [-0.4, -0.2) is 25.7 Å². The Balaban J connectivity index is 2.16. The van der Waals surface area contributed by atoms with Gasteiger partial charge in [0, 0.05) is 5.56 Å². The Bertz CT molecular complexity index is 767. The Morgan fingerprint density at radius 3 is 2.10 bits per heavy atom. The summed E-state index contributed by atoms with van der Waals surface area (Å²) in [5, 5.41) is 0. The van der Waals surface area contributed by atoms with Crippen molar-refractivity contribution >= 4 is 15.6 Å². The van der Waals surface area contributed by atoms with E-state index in [1.54, 1.807) is 24.3 Å². The first-order chi connectivity index (χ1) is 10.0. The Labute approximate surface area is 124 Å². The van der Waals surface area contributed by atoms with E-state index in [1.165, 1.54) is 0 Å². The topological polar surface area (TPSA) is 51.2 Å². The Hall–Kier alpha value is -2.38. The highest BCUT2D eigenvalue weighted by Gasteiger charge is 2.16. The third kappa shape index (κ3) is 4.04. The van der Waals surface area contributed by atoms with Gasteiger partial charge in [-0.25, -0.2) is 8.42 Å². The first kappa shape index (κ1) is 15.0. The number of hydrogen-bond donors (Lipinski definition) is 0. The highest BCUT2D eigenvalue weighted by molar-refractivity contribution is 7.92. The number of benzene rings is 2. The van der Waals surface area contributed by atoms with Crippen LogP contribution in [0, 0.1) is 12.3 Å². The molecule has 2 aromatic rings. The molecule has 0 saturated carbocycles. The molecule has 0 aliphatic carbocycles. The lowest BCUT2D eigenvalue weighted by Crippen LogP contribution is -2.18. The summed E-state index contributed by atoms with van der Waals surface area (Å²) < 4.78 is 23.1. The van der Waals surface area contributed by atoms with Gasteiger partial charge in [-0.05, 0) is 11.1 Å². The Morgan fingerprint density at radius 1 is 0.952 bits per heavy atom. The summed E-state index contributed by atoms with van der Waals surface area (Å²) in [4.78, 5) is 11.9. The van der Waals surface area contributed by atoms with Crippen molar-refractivity contribution in [2.45, 2.75) is 0 Å². The maximum Gasteiger partial charge on any atom is 0.177 e. The fourth-order valence-electron chi connectivity index (χ4n) is 1.94. The van der Waals surface area contributed by atoms with Gasteiger partial charge in [-0.3, -0.25) is 4.79 Å². The van der Waals surface area contributed by atoms with Gasteiger partial charge in [0.1, 0.15) is 11.5 Å². The van der Waals surface area contributed by atoms with Crippen molar-refractivity contribution in [1.29, 1.82) is 0 Å². The van der Waals surface area contributed by atoms with Crippen LogP contribution >= 0.6 is 0 Å². The van der Waals surface area contributed by atoms with E-state index < -0.39 is 27.1 Å². The normalized spacial score (nSPS) is 10.8. The summed E-state index contributed by atoms with van der Waals surface area (Å²) in [5.41, 5.74) is 2.38. The summed E-state index contributed by atoms with van der Waals surface area (Å²) >= 11 is 0. The zero-order valence-electron chi connectivity index (χ0n) is 11.3. The van der Waals surface area contributed by atoms with Crippen molar-refractivity contribution in [2.24, 2.45) is 0 Å². The van der Waals surface area contributed by atoms with E-state index in [4.69, 9.17) is 6.42 Å². The number of Topliss-reactive ketones (excluding diaryl/α,β-unsaturated/α-hetero) is 1. The molecule has 0 aromatic heterocycles. The van der Waals surface area contributed by atoms with E-state index in [0.717, 1.165) is 11.1 Å². The molecule has 0 aliphatic heterocycles. The molecule has 3 nitrogen and oxygen atoms in total. The molecule has 106 valence electrons. The minimum atomic E-state index is -3.53. The second-order valence-corrected chi connectivity index (χ2v) is 6.67. The molecule has 2 aromatic carbocycles. The number of terminal acetylenes is 1. The van der Waals surface area contributed by atoms with Crippen molar-refractivity contribution in [3.63, 3.8) is 0 Å². The molecule has 4 heteroatoms. The summed E-state index contributed by atoms with van der Waals surface area (Å²) in [6.45, 7) is 0. The van der Waals surface area contributed by atoms with Gasteiger partial charge in [-0.2, -0.15) is 0 Å². The molecule has 0 atom stereocenters. The monoisotopic (exact) mass is 298 g/mol. The van der Waals surface area contributed by atoms with E-state index in [9.17, 15) is 13.2 Å². The largest absolute Gasteiger partial charge is 0.293 e. The Morgan fingerprint density at radius 2 is 1.52 bits per heavy atom. The molecule has 2 rings (SSSR count). The van der Waals surface area contributed by atoms with Crippen molar-refractivity contribution in [2.75, 3.05) is 11.5 Å². The molecule has 0 aliphatic rings. The second kappa shape index (κ2) is 6.38. The molecule has 21 heavy (non-hydrogen) atoms. The number of carbonyl (C=O) groups is 1. The average Bonchev–Trinajstić information content (AvgIpc) is 2.48. The van der Waals surface area contributed by atoms with Gasteiger partial charge in [0.25, 0.3) is 0 Å². The quantitative estimate of drug-likeness (QED) is 0.630. The van der Waals surface area contributed by atoms with Gasteiger partial charge in [0.2, 0.25) is 0 Å². The average molecular weight is 298 g/mol. The van der Waals surface area contributed by atoms with Crippen LogP contribution in [0.2, 0.25) is 0 Å². The van der Waals surface area contributed by atoms with Crippen molar-refractivity contribution in [1.82, 2.24) is 0 Å². The van der Waals surface area contributed by atoms with Crippen LogP contribution in [0.3, 0.4) is 0 Å².